The third kappa shape index (κ3) is 4.70. The topological polar surface area (TPSA) is 60.2 Å². The molecule has 15 heavy (non-hydrogen) atoms. The number of thiazole rings is 1. The van der Waals surface area contributed by atoms with Gasteiger partial charge in [0.1, 0.15) is 0 Å². The molecule has 0 aliphatic heterocycles. The van der Waals surface area contributed by atoms with Gasteiger partial charge in [-0.05, 0) is 20.8 Å². The number of rotatable bonds is 6. The molecule has 0 amide bonds. The van der Waals surface area contributed by atoms with Crippen LogP contribution < -0.4 is 11.3 Å². The number of hydrogen-bond donors (Lipinski definition) is 2. The van der Waals surface area contributed by atoms with Crippen LogP contribution in [-0.4, -0.2) is 23.7 Å². The normalized spacial score (nSPS) is 13.4. The maximum absolute atomic E-state index is 5.51. The molecule has 1 atom stereocenters. The smallest absolute Gasteiger partial charge is 0.0897 e. The van der Waals surface area contributed by atoms with E-state index in [1.807, 2.05) is 20.8 Å². The van der Waals surface area contributed by atoms with Gasteiger partial charge in [-0.2, -0.15) is 0 Å². The van der Waals surface area contributed by atoms with E-state index >= 15 is 0 Å². The molecule has 0 aromatic carbocycles. The Kier molecular flexibility index (Phi) is 5.17. The molecule has 0 spiro atoms. The van der Waals surface area contributed by atoms with E-state index in [1.165, 1.54) is 0 Å². The van der Waals surface area contributed by atoms with Gasteiger partial charge in [0.25, 0.3) is 0 Å². The Hall–Kier alpha value is -0.490. The zero-order chi connectivity index (χ0) is 11.3. The molecule has 0 aliphatic carbocycles. The van der Waals surface area contributed by atoms with Gasteiger partial charge in [-0.3, -0.25) is 11.3 Å². The zero-order valence-corrected chi connectivity index (χ0v) is 10.3. The molecule has 86 valence electrons. The van der Waals surface area contributed by atoms with Crippen LogP contribution in [0.2, 0.25) is 0 Å². The standard InChI is InChI=1S/C10H19N3OS/c1-7(2)14-5-9(13-11)4-10-6-15-8(3)12-10/h6-7,9,13H,4-5,11H2,1-3H3. The van der Waals surface area contributed by atoms with Crippen molar-refractivity contribution in [2.24, 2.45) is 5.84 Å². The highest BCUT2D eigenvalue weighted by Crippen LogP contribution is 2.10. The highest BCUT2D eigenvalue weighted by Gasteiger charge is 2.10. The van der Waals surface area contributed by atoms with Gasteiger partial charge < -0.3 is 4.74 Å². The molecule has 1 rings (SSSR count). The van der Waals surface area contributed by atoms with Crippen molar-refractivity contribution in [1.29, 1.82) is 0 Å². The van der Waals surface area contributed by atoms with Crippen LogP contribution >= 0.6 is 11.3 Å². The molecule has 0 radical (unpaired) electrons. The molecule has 4 nitrogen and oxygen atoms in total. The van der Waals surface area contributed by atoms with E-state index < -0.39 is 0 Å². The number of nitrogens with two attached hydrogens (primary N) is 1. The first-order chi connectivity index (χ1) is 7.11. The maximum atomic E-state index is 5.51. The number of aromatic nitrogens is 1. The van der Waals surface area contributed by atoms with Crippen LogP contribution in [0, 0.1) is 6.92 Å². The van der Waals surface area contributed by atoms with Gasteiger partial charge in [0.05, 0.1) is 23.4 Å². The molecule has 0 bridgehead atoms. The Balaban J connectivity index is 2.39. The Morgan fingerprint density at radius 1 is 1.60 bits per heavy atom. The van der Waals surface area contributed by atoms with Gasteiger partial charge in [0.2, 0.25) is 0 Å². The van der Waals surface area contributed by atoms with Crippen molar-refractivity contribution < 1.29 is 4.74 Å². The lowest BCUT2D eigenvalue weighted by Crippen LogP contribution is -2.41. The van der Waals surface area contributed by atoms with Crippen LogP contribution in [0.1, 0.15) is 24.5 Å². The minimum atomic E-state index is 0.133. The van der Waals surface area contributed by atoms with Crippen LogP contribution in [0.25, 0.3) is 0 Å². The van der Waals surface area contributed by atoms with Crippen LogP contribution in [0.4, 0.5) is 0 Å². The fourth-order valence-corrected chi connectivity index (χ4v) is 1.85. The first-order valence-corrected chi connectivity index (χ1v) is 5.98. The molecular weight excluding hydrogens is 210 g/mol. The lowest BCUT2D eigenvalue weighted by Gasteiger charge is -2.16. The van der Waals surface area contributed by atoms with Gasteiger partial charge in [0, 0.05) is 17.8 Å². The molecule has 5 heteroatoms. The first kappa shape index (κ1) is 12.6. The highest BCUT2D eigenvalue weighted by atomic mass is 32.1. The lowest BCUT2D eigenvalue weighted by atomic mass is 10.2. The van der Waals surface area contributed by atoms with E-state index in [0.717, 1.165) is 17.1 Å². The lowest BCUT2D eigenvalue weighted by molar-refractivity contribution is 0.0611. The number of hydrazine groups is 1. The van der Waals surface area contributed by atoms with E-state index in [2.05, 4.69) is 15.8 Å². The fourth-order valence-electron chi connectivity index (χ4n) is 1.23. The first-order valence-electron chi connectivity index (χ1n) is 5.10. The van der Waals surface area contributed by atoms with Crippen molar-refractivity contribution in [1.82, 2.24) is 10.4 Å². The summed E-state index contributed by atoms with van der Waals surface area (Å²) in [5.41, 5.74) is 3.83. The third-order valence-electron chi connectivity index (χ3n) is 1.99. The highest BCUT2D eigenvalue weighted by molar-refractivity contribution is 7.09. The molecular formula is C10H19N3OS. The van der Waals surface area contributed by atoms with Gasteiger partial charge in [-0.1, -0.05) is 0 Å². The molecule has 1 unspecified atom stereocenters. The summed E-state index contributed by atoms with van der Waals surface area (Å²) in [5.74, 6) is 5.46. The molecule has 3 N–H and O–H groups in total. The summed E-state index contributed by atoms with van der Waals surface area (Å²) >= 11 is 1.66. The van der Waals surface area contributed by atoms with E-state index in [4.69, 9.17) is 10.6 Å². The number of aryl methyl sites for hydroxylation is 1. The summed E-state index contributed by atoms with van der Waals surface area (Å²) in [4.78, 5) is 4.39. The van der Waals surface area contributed by atoms with Crippen molar-refractivity contribution in [3.8, 4) is 0 Å². The molecule has 1 aromatic heterocycles. The second kappa shape index (κ2) is 6.17. The van der Waals surface area contributed by atoms with Gasteiger partial charge >= 0.3 is 0 Å². The Bertz CT molecular complexity index is 288. The van der Waals surface area contributed by atoms with Crippen LogP contribution in [0.15, 0.2) is 5.38 Å². The minimum Gasteiger partial charge on any atom is -0.377 e. The summed E-state index contributed by atoms with van der Waals surface area (Å²) in [6.45, 7) is 6.65. The largest absolute Gasteiger partial charge is 0.377 e. The second-order valence-corrected chi connectivity index (χ2v) is 4.87. The molecule has 0 fully saturated rings. The Morgan fingerprint density at radius 3 is 2.80 bits per heavy atom. The monoisotopic (exact) mass is 229 g/mol. The summed E-state index contributed by atoms with van der Waals surface area (Å²) in [7, 11) is 0. The third-order valence-corrected chi connectivity index (χ3v) is 2.81. The van der Waals surface area contributed by atoms with E-state index in [-0.39, 0.29) is 12.1 Å². The Labute approximate surface area is 94.8 Å². The van der Waals surface area contributed by atoms with Crippen molar-refractivity contribution in [3.63, 3.8) is 0 Å². The Morgan fingerprint density at radius 2 is 2.33 bits per heavy atom. The maximum Gasteiger partial charge on any atom is 0.0897 e. The summed E-state index contributed by atoms with van der Waals surface area (Å²) in [5, 5.41) is 3.15. The number of nitrogens with one attached hydrogen (secondary N) is 1. The molecule has 0 saturated carbocycles. The summed E-state index contributed by atoms with van der Waals surface area (Å²) in [6, 6.07) is 0.133. The molecule has 0 saturated heterocycles. The number of hydrogen-bond acceptors (Lipinski definition) is 5. The van der Waals surface area contributed by atoms with Gasteiger partial charge in [-0.15, -0.1) is 11.3 Å². The minimum absolute atomic E-state index is 0.133. The molecule has 1 heterocycles. The SMILES string of the molecule is Cc1nc(CC(COC(C)C)NN)cs1. The fraction of sp³-hybridized carbons (Fsp3) is 0.700. The second-order valence-electron chi connectivity index (χ2n) is 3.81. The predicted molar refractivity (Wildman–Crippen MR) is 62.8 cm³/mol. The van der Waals surface area contributed by atoms with Crippen LogP contribution in [-0.2, 0) is 11.2 Å². The number of nitrogens with zero attached hydrogens (tertiary/aromatic N) is 1. The quantitative estimate of drug-likeness (QED) is 0.569. The predicted octanol–water partition coefficient (Wildman–Crippen LogP) is 1.25. The molecule has 0 aliphatic rings. The van der Waals surface area contributed by atoms with Gasteiger partial charge in [0.15, 0.2) is 0 Å². The average Bonchev–Trinajstić information content (AvgIpc) is 2.58. The average molecular weight is 229 g/mol. The summed E-state index contributed by atoms with van der Waals surface area (Å²) in [6.07, 6.45) is 1.05. The van der Waals surface area contributed by atoms with Crippen molar-refractivity contribution in [2.45, 2.75) is 39.3 Å². The van der Waals surface area contributed by atoms with Crippen LogP contribution in [0.3, 0.4) is 0 Å². The van der Waals surface area contributed by atoms with E-state index in [9.17, 15) is 0 Å². The van der Waals surface area contributed by atoms with Crippen LogP contribution in [0.5, 0.6) is 0 Å². The van der Waals surface area contributed by atoms with Crippen molar-refractivity contribution >= 4 is 11.3 Å². The van der Waals surface area contributed by atoms with Gasteiger partial charge in [-0.25, -0.2) is 4.98 Å². The number of ether oxygens (including phenoxy) is 1. The molecule has 1 aromatic rings. The van der Waals surface area contributed by atoms with Crippen molar-refractivity contribution in [2.75, 3.05) is 6.61 Å². The zero-order valence-electron chi connectivity index (χ0n) is 9.49. The summed E-state index contributed by atoms with van der Waals surface area (Å²) < 4.78 is 5.51. The van der Waals surface area contributed by atoms with E-state index in [1.54, 1.807) is 11.3 Å². The van der Waals surface area contributed by atoms with Crippen molar-refractivity contribution in [3.05, 3.63) is 16.1 Å². The van der Waals surface area contributed by atoms with E-state index in [0.29, 0.717) is 6.61 Å².